The van der Waals surface area contributed by atoms with Crippen molar-refractivity contribution in [3.05, 3.63) is 24.0 Å². The molecule has 0 radical (unpaired) electrons. The highest BCUT2D eigenvalue weighted by Gasteiger charge is 1.81. The topological polar surface area (TPSA) is 52.0 Å². The van der Waals surface area contributed by atoms with E-state index in [1.54, 1.807) is 6.21 Å². The molecule has 0 aliphatic rings. The van der Waals surface area contributed by atoms with Crippen molar-refractivity contribution in [2.45, 2.75) is 0 Å². The Morgan fingerprint density at radius 3 is 3.11 bits per heavy atom. The number of H-pyrrole nitrogens is 1. The number of nitrogens with one attached hydrogen (secondary N) is 2. The van der Waals surface area contributed by atoms with Crippen molar-refractivity contribution < 1.29 is 0 Å². The van der Waals surface area contributed by atoms with E-state index < -0.39 is 0 Å². The van der Waals surface area contributed by atoms with Gasteiger partial charge in [-0.1, -0.05) is 0 Å². The lowest BCUT2D eigenvalue weighted by atomic mass is 10.4. The molecule has 0 aromatic carbocycles. The highest BCUT2D eigenvalue weighted by molar-refractivity contribution is 5.84. The predicted molar refractivity (Wildman–Crippen MR) is 37.2 cm³/mol. The van der Waals surface area contributed by atoms with E-state index in [1.165, 1.54) is 0 Å². The van der Waals surface area contributed by atoms with Gasteiger partial charge in [-0.25, -0.2) is 4.99 Å². The van der Waals surface area contributed by atoms with Gasteiger partial charge in [0.05, 0.1) is 0 Å². The van der Waals surface area contributed by atoms with Crippen LogP contribution in [0, 0.1) is 5.41 Å². The molecule has 1 aromatic heterocycles. The minimum Gasteiger partial charge on any atom is -0.367 e. The summed E-state index contributed by atoms with van der Waals surface area (Å²) in [7, 11) is 0. The summed E-state index contributed by atoms with van der Waals surface area (Å²) in [5, 5.41) is 6.57. The number of hydrogen-bond acceptors (Lipinski definition) is 1. The molecule has 0 bridgehead atoms. The minimum atomic E-state index is 0.985. The molecule has 2 N–H and O–H groups in total. The van der Waals surface area contributed by atoms with E-state index in [4.69, 9.17) is 5.41 Å². The van der Waals surface area contributed by atoms with Crippen molar-refractivity contribution in [1.82, 2.24) is 4.98 Å². The number of aliphatic imine (C=N–C) groups is 1. The molecule has 1 rings (SSSR count). The molecule has 3 heteroatoms. The van der Waals surface area contributed by atoms with E-state index in [1.807, 2.05) is 18.5 Å². The van der Waals surface area contributed by atoms with E-state index in [2.05, 4.69) is 9.98 Å². The molecule has 9 heavy (non-hydrogen) atoms. The van der Waals surface area contributed by atoms with Gasteiger partial charge in [0.2, 0.25) is 0 Å². The van der Waals surface area contributed by atoms with Crippen LogP contribution in [0.5, 0.6) is 0 Å². The van der Waals surface area contributed by atoms with Gasteiger partial charge in [0.25, 0.3) is 0 Å². The van der Waals surface area contributed by atoms with Gasteiger partial charge in [-0.3, -0.25) is 5.41 Å². The summed E-state index contributed by atoms with van der Waals surface area (Å²) in [5.41, 5.74) is 0.985. The summed E-state index contributed by atoms with van der Waals surface area (Å²) in [6, 6.07) is 1.88. The van der Waals surface area contributed by atoms with Gasteiger partial charge < -0.3 is 4.98 Å². The van der Waals surface area contributed by atoms with E-state index >= 15 is 0 Å². The van der Waals surface area contributed by atoms with Crippen LogP contribution >= 0.6 is 0 Å². The standard InChI is InChI=1S/C6H7N3/c7-5-9-4-6-1-2-8-3-6/h1-5,7-8H/b7-5?,9-4-. The first-order valence-electron chi connectivity index (χ1n) is 2.58. The van der Waals surface area contributed by atoms with Crippen molar-refractivity contribution in [3.8, 4) is 0 Å². The lowest BCUT2D eigenvalue weighted by Gasteiger charge is -1.75. The first-order chi connectivity index (χ1) is 4.43. The second-order valence-electron chi connectivity index (χ2n) is 1.55. The van der Waals surface area contributed by atoms with Gasteiger partial charge in [0.15, 0.2) is 0 Å². The van der Waals surface area contributed by atoms with Crippen LogP contribution in [0.3, 0.4) is 0 Å². The third-order valence-electron chi connectivity index (χ3n) is 0.920. The number of nitrogens with zero attached hydrogens (tertiary/aromatic N) is 1. The van der Waals surface area contributed by atoms with Crippen LogP contribution in [0.1, 0.15) is 5.56 Å². The van der Waals surface area contributed by atoms with Crippen LogP contribution in [0.25, 0.3) is 0 Å². The zero-order valence-corrected chi connectivity index (χ0v) is 4.83. The third-order valence-corrected chi connectivity index (χ3v) is 0.920. The molecule has 0 unspecified atom stereocenters. The maximum Gasteiger partial charge on any atom is 0.106 e. The highest BCUT2D eigenvalue weighted by atomic mass is 14.7. The fourth-order valence-corrected chi connectivity index (χ4v) is 0.540. The molecule has 0 aliphatic carbocycles. The normalized spacial score (nSPS) is 10.2. The lowest BCUT2D eigenvalue weighted by Crippen LogP contribution is -1.72. The van der Waals surface area contributed by atoms with Gasteiger partial charge in [-0.15, -0.1) is 0 Å². The molecule has 0 fully saturated rings. The van der Waals surface area contributed by atoms with Crippen LogP contribution in [-0.2, 0) is 0 Å². The van der Waals surface area contributed by atoms with Crippen molar-refractivity contribution >= 4 is 12.6 Å². The Labute approximate surface area is 53.0 Å². The monoisotopic (exact) mass is 121 g/mol. The van der Waals surface area contributed by atoms with E-state index in [0.29, 0.717) is 0 Å². The fraction of sp³-hybridized carbons (Fsp3) is 0. The van der Waals surface area contributed by atoms with Gasteiger partial charge in [0.1, 0.15) is 6.34 Å². The van der Waals surface area contributed by atoms with Gasteiger partial charge in [-0.2, -0.15) is 0 Å². The molecule has 0 aliphatic heterocycles. The zero-order chi connectivity index (χ0) is 6.53. The van der Waals surface area contributed by atoms with Gasteiger partial charge in [0, 0.05) is 24.2 Å². The second-order valence-corrected chi connectivity index (χ2v) is 1.55. The molecule has 3 nitrogen and oxygen atoms in total. The minimum absolute atomic E-state index is 0.985. The second kappa shape index (κ2) is 2.81. The van der Waals surface area contributed by atoms with Crippen LogP contribution in [0.15, 0.2) is 23.5 Å². The van der Waals surface area contributed by atoms with Crippen LogP contribution in [0.4, 0.5) is 0 Å². The first kappa shape index (κ1) is 5.75. The van der Waals surface area contributed by atoms with Gasteiger partial charge >= 0.3 is 0 Å². The number of hydrogen-bond donors (Lipinski definition) is 2. The maximum atomic E-state index is 6.57. The average Bonchev–Trinajstić information content (AvgIpc) is 2.34. The molecule has 0 spiro atoms. The van der Waals surface area contributed by atoms with Gasteiger partial charge in [-0.05, 0) is 6.07 Å². The molecule has 46 valence electrons. The highest BCUT2D eigenvalue weighted by Crippen LogP contribution is 1.89. The van der Waals surface area contributed by atoms with Crippen LogP contribution < -0.4 is 0 Å². The van der Waals surface area contributed by atoms with Crippen molar-refractivity contribution in [1.29, 1.82) is 5.41 Å². The predicted octanol–water partition coefficient (Wildman–Crippen LogP) is 1.04. The molecular formula is C6H7N3. The molecule has 0 amide bonds. The Morgan fingerprint density at radius 1 is 1.67 bits per heavy atom. The maximum absolute atomic E-state index is 6.57. The smallest absolute Gasteiger partial charge is 0.106 e. The Morgan fingerprint density at radius 2 is 2.56 bits per heavy atom. The number of aromatic nitrogens is 1. The Hall–Kier alpha value is -1.38. The summed E-state index contributed by atoms with van der Waals surface area (Å²) in [6.07, 6.45) is 6.24. The van der Waals surface area contributed by atoms with E-state index in [0.717, 1.165) is 11.9 Å². The van der Waals surface area contributed by atoms with Crippen LogP contribution in [-0.4, -0.2) is 17.5 Å². The van der Waals surface area contributed by atoms with Crippen molar-refractivity contribution in [2.24, 2.45) is 4.99 Å². The summed E-state index contributed by atoms with van der Waals surface area (Å²) in [6.45, 7) is 0. The van der Waals surface area contributed by atoms with Crippen LogP contribution in [0.2, 0.25) is 0 Å². The third kappa shape index (κ3) is 1.53. The summed E-state index contributed by atoms with van der Waals surface area (Å²) < 4.78 is 0. The Kier molecular flexibility index (Phi) is 1.80. The SMILES string of the molecule is N=C/N=C\c1cc[nH]c1. The van der Waals surface area contributed by atoms with E-state index in [-0.39, 0.29) is 0 Å². The molecule has 0 atom stereocenters. The van der Waals surface area contributed by atoms with Crippen molar-refractivity contribution in [2.75, 3.05) is 0 Å². The van der Waals surface area contributed by atoms with Crippen molar-refractivity contribution in [3.63, 3.8) is 0 Å². The Balaban J connectivity index is 2.67. The lowest BCUT2D eigenvalue weighted by molar-refractivity contribution is 1.41. The summed E-state index contributed by atoms with van der Waals surface area (Å²) >= 11 is 0. The molecule has 0 saturated heterocycles. The Bertz CT molecular complexity index is 198. The summed E-state index contributed by atoms with van der Waals surface area (Å²) in [4.78, 5) is 6.48. The first-order valence-corrected chi connectivity index (χ1v) is 2.58. The summed E-state index contributed by atoms with van der Waals surface area (Å²) in [5.74, 6) is 0. The number of aromatic amines is 1. The molecule has 0 saturated carbocycles. The molecular weight excluding hydrogens is 114 g/mol. The zero-order valence-electron chi connectivity index (χ0n) is 4.83. The van der Waals surface area contributed by atoms with E-state index in [9.17, 15) is 0 Å². The average molecular weight is 121 g/mol. The fourth-order valence-electron chi connectivity index (χ4n) is 0.540. The largest absolute Gasteiger partial charge is 0.367 e. The molecule has 1 aromatic rings. The number of rotatable bonds is 2. The quantitative estimate of drug-likeness (QED) is 0.434. The molecule has 1 heterocycles.